The van der Waals surface area contributed by atoms with E-state index in [1.165, 1.54) is 18.2 Å². The van der Waals surface area contributed by atoms with Gasteiger partial charge in [-0.05, 0) is 59.0 Å². The van der Waals surface area contributed by atoms with Crippen molar-refractivity contribution in [1.82, 2.24) is 0 Å². The number of nitrogens with one attached hydrogen (secondary N) is 1. The molecule has 2 aromatic carbocycles. The van der Waals surface area contributed by atoms with E-state index in [1.807, 2.05) is 6.07 Å². The Kier molecular flexibility index (Phi) is 4.29. The highest BCUT2D eigenvalue weighted by molar-refractivity contribution is 14.1. The Morgan fingerprint density at radius 3 is 2.45 bits per heavy atom. The second-order valence-corrected chi connectivity index (χ2v) is 6.88. The van der Waals surface area contributed by atoms with Gasteiger partial charge < -0.3 is 5.11 Å². The maximum atomic E-state index is 12.2. The number of benzene rings is 2. The fourth-order valence-electron chi connectivity index (χ4n) is 1.56. The third-order valence-corrected chi connectivity index (χ3v) is 4.52. The number of halogens is 1. The number of carboxylic acids is 1. The molecule has 0 saturated carbocycles. The van der Waals surface area contributed by atoms with E-state index in [0.29, 0.717) is 5.69 Å². The maximum absolute atomic E-state index is 12.2. The minimum absolute atomic E-state index is 0.0736. The van der Waals surface area contributed by atoms with Crippen molar-refractivity contribution in [2.24, 2.45) is 0 Å². The van der Waals surface area contributed by atoms with Crippen LogP contribution >= 0.6 is 22.6 Å². The zero-order chi connectivity index (χ0) is 14.8. The highest BCUT2D eigenvalue weighted by atomic mass is 127. The molecular formula is C13H10INO4S. The number of anilines is 1. The molecular weight excluding hydrogens is 393 g/mol. The van der Waals surface area contributed by atoms with Crippen molar-refractivity contribution in [3.63, 3.8) is 0 Å². The first-order valence-corrected chi connectivity index (χ1v) is 8.06. The monoisotopic (exact) mass is 403 g/mol. The Bertz CT molecular complexity index is 758. The molecule has 20 heavy (non-hydrogen) atoms. The van der Waals surface area contributed by atoms with Crippen molar-refractivity contribution >= 4 is 44.3 Å². The lowest BCUT2D eigenvalue weighted by atomic mass is 10.2. The fraction of sp³-hybridized carbons (Fsp3) is 0. The molecule has 0 aliphatic carbocycles. The summed E-state index contributed by atoms with van der Waals surface area (Å²) in [6.45, 7) is 0. The molecule has 0 radical (unpaired) electrons. The van der Waals surface area contributed by atoms with E-state index >= 15 is 0 Å². The zero-order valence-electron chi connectivity index (χ0n) is 10.1. The molecule has 0 spiro atoms. The van der Waals surface area contributed by atoms with E-state index in [1.54, 1.807) is 18.2 Å². The molecule has 0 amide bonds. The van der Waals surface area contributed by atoms with Crippen molar-refractivity contribution in [3.05, 3.63) is 57.7 Å². The maximum Gasteiger partial charge on any atom is 0.335 e. The van der Waals surface area contributed by atoms with Crippen LogP contribution in [0.4, 0.5) is 5.69 Å². The first kappa shape index (κ1) is 14.8. The summed E-state index contributed by atoms with van der Waals surface area (Å²) < 4.78 is 27.7. The van der Waals surface area contributed by atoms with Gasteiger partial charge in [-0.15, -0.1) is 0 Å². The van der Waals surface area contributed by atoms with E-state index in [2.05, 4.69) is 27.3 Å². The van der Waals surface area contributed by atoms with Crippen LogP contribution < -0.4 is 4.72 Å². The van der Waals surface area contributed by atoms with Crippen LogP contribution in [0.1, 0.15) is 10.4 Å². The van der Waals surface area contributed by atoms with Gasteiger partial charge in [0.05, 0.1) is 10.5 Å². The SMILES string of the molecule is O=C(O)c1cccc(S(=O)(=O)Nc2cccc(I)c2)c1. The smallest absolute Gasteiger partial charge is 0.335 e. The summed E-state index contributed by atoms with van der Waals surface area (Å²) in [4.78, 5) is 10.8. The predicted molar refractivity (Wildman–Crippen MR) is 83.4 cm³/mol. The van der Waals surface area contributed by atoms with E-state index in [4.69, 9.17) is 5.11 Å². The zero-order valence-corrected chi connectivity index (χ0v) is 13.1. The standard InChI is InChI=1S/C13H10INO4S/c14-10-4-2-5-11(8-10)15-20(18,19)12-6-1-3-9(7-12)13(16)17/h1-8,15H,(H,16,17). The van der Waals surface area contributed by atoms with Gasteiger partial charge in [-0.1, -0.05) is 12.1 Å². The molecule has 0 unspecified atom stereocenters. The van der Waals surface area contributed by atoms with Crippen LogP contribution in [-0.4, -0.2) is 19.5 Å². The van der Waals surface area contributed by atoms with E-state index < -0.39 is 16.0 Å². The van der Waals surface area contributed by atoms with Gasteiger partial charge in [0.2, 0.25) is 0 Å². The van der Waals surface area contributed by atoms with E-state index in [0.717, 1.165) is 9.64 Å². The van der Waals surface area contributed by atoms with Crippen LogP contribution in [0.15, 0.2) is 53.4 Å². The average Bonchev–Trinajstić information content (AvgIpc) is 2.38. The van der Waals surface area contributed by atoms with Crippen molar-refractivity contribution in [2.75, 3.05) is 4.72 Å². The summed E-state index contributed by atoms with van der Waals surface area (Å²) in [6, 6.07) is 12.1. The van der Waals surface area contributed by atoms with Crippen LogP contribution in [0, 0.1) is 3.57 Å². The number of sulfonamides is 1. The molecule has 7 heteroatoms. The lowest BCUT2D eigenvalue weighted by Gasteiger charge is -2.08. The molecule has 2 rings (SSSR count). The summed E-state index contributed by atoms with van der Waals surface area (Å²) in [5.41, 5.74) is 0.355. The molecule has 2 N–H and O–H groups in total. The van der Waals surface area contributed by atoms with Gasteiger partial charge in [0.1, 0.15) is 0 Å². The molecule has 0 heterocycles. The second kappa shape index (κ2) is 5.80. The number of carboxylic acid groups (broad SMARTS) is 1. The van der Waals surface area contributed by atoms with Gasteiger partial charge in [-0.3, -0.25) is 4.72 Å². The highest BCUT2D eigenvalue weighted by Gasteiger charge is 2.16. The minimum Gasteiger partial charge on any atom is -0.478 e. The topological polar surface area (TPSA) is 83.5 Å². The van der Waals surface area contributed by atoms with Crippen LogP contribution in [-0.2, 0) is 10.0 Å². The molecule has 104 valence electrons. The quantitative estimate of drug-likeness (QED) is 0.770. The Morgan fingerprint density at radius 2 is 1.80 bits per heavy atom. The number of hydrogen-bond acceptors (Lipinski definition) is 3. The summed E-state index contributed by atoms with van der Waals surface area (Å²) in [5.74, 6) is -1.17. The van der Waals surface area contributed by atoms with Gasteiger partial charge >= 0.3 is 5.97 Å². The van der Waals surface area contributed by atoms with Crippen LogP contribution in [0.25, 0.3) is 0 Å². The molecule has 2 aromatic rings. The number of carbonyl (C=O) groups is 1. The van der Waals surface area contributed by atoms with Gasteiger partial charge in [0, 0.05) is 9.26 Å². The molecule has 0 atom stereocenters. The second-order valence-electron chi connectivity index (χ2n) is 3.95. The summed E-state index contributed by atoms with van der Waals surface area (Å²) in [6.07, 6.45) is 0. The van der Waals surface area contributed by atoms with Crippen LogP contribution in [0.5, 0.6) is 0 Å². The third-order valence-electron chi connectivity index (χ3n) is 2.47. The Hall–Kier alpha value is -1.61. The number of hydrogen-bond donors (Lipinski definition) is 2. The van der Waals surface area contributed by atoms with Gasteiger partial charge in [0.15, 0.2) is 0 Å². The van der Waals surface area contributed by atoms with Crippen LogP contribution in [0.3, 0.4) is 0 Å². The van der Waals surface area contributed by atoms with Gasteiger partial charge in [0.25, 0.3) is 10.0 Å². The minimum atomic E-state index is -3.80. The Balaban J connectivity index is 2.35. The lowest BCUT2D eigenvalue weighted by molar-refractivity contribution is 0.0696. The first-order chi connectivity index (χ1) is 9.38. The highest BCUT2D eigenvalue weighted by Crippen LogP contribution is 2.18. The first-order valence-electron chi connectivity index (χ1n) is 5.50. The van der Waals surface area contributed by atoms with E-state index in [9.17, 15) is 13.2 Å². The lowest BCUT2D eigenvalue weighted by Crippen LogP contribution is -2.13. The fourth-order valence-corrected chi connectivity index (χ4v) is 3.20. The molecule has 0 aromatic heterocycles. The van der Waals surface area contributed by atoms with Crippen molar-refractivity contribution in [2.45, 2.75) is 4.90 Å². The largest absolute Gasteiger partial charge is 0.478 e. The summed E-state index contributed by atoms with van der Waals surface area (Å²) in [7, 11) is -3.80. The van der Waals surface area contributed by atoms with Crippen LogP contribution in [0.2, 0.25) is 0 Å². The molecule has 0 bridgehead atoms. The average molecular weight is 403 g/mol. The Labute approximate surface area is 129 Å². The van der Waals surface area contributed by atoms with Crippen molar-refractivity contribution < 1.29 is 18.3 Å². The molecule has 0 aliphatic heterocycles. The normalized spacial score (nSPS) is 11.1. The summed E-state index contributed by atoms with van der Waals surface area (Å²) >= 11 is 2.07. The third kappa shape index (κ3) is 3.48. The number of aromatic carboxylic acids is 1. The van der Waals surface area contributed by atoms with Gasteiger partial charge in [-0.2, -0.15) is 0 Å². The molecule has 0 aliphatic rings. The Morgan fingerprint density at radius 1 is 1.10 bits per heavy atom. The molecule has 5 nitrogen and oxygen atoms in total. The number of rotatable bonds is 4. The predicted octanol–water partition coefficient (Wildman–Crippen LogP) is 2.79. The molecule has 0 saturated heterocycles. The molecule has 0 fully saturated rings. The summed E-state index contributed by atoms with van der Waals surface area (Å²) in [5, 5.41) is 8.88. The van der Waals surface area contributed by atoms with Gasteiger partial charge in [-0.25, -0.2) is 13.2 Å². The van der Waals surface area contributed by atoms with Crippen molar-refractivity contribution in [3.8, 4) is 0 Å². The van der Waals surface area contributed by atoms with Crippen molar-refractivity contribution in [1.29, 1.82) is 0 Å². The van der Waals surface area contributed by atoms with E-state index in [-0.39, 0.29) is 10.5 Å².